The van der Waals surface area contributed by atoms with Crippen LogP contribution in [0.1, 0.15) is 48.1 Å². The SMILES string of the molecule is CC1=C2c3nc(co3)-c3nc(co3)-c3nc(co3)-c3nc(co3)-c3nc(co3)C3=NC(CS3)c3nc(c(C)o3)C(O1)N2C. The molecule has 0 spiro atoms. The molecular weight excluding hydrogens is 580 g/mol. The number of oxazole rings is 6. The van der Waals surface area contributed by atoms with Gasteiger partial charge in [-0.05, 0) is 13.8 Å². The van der Waals surface area contributed by atoms with Crippen molar-refractivity contribution in [2.24, 2.45) is 4.99 Å². The summed E-state index contributed by atoms with van der Waals surface area (Å²) >= 11 is 1.54. The zero-order valence-corrected chi connectivity index (χ0v) is 23.4. The highest BCUT2D eigenvalue weighted by Gasteiger charge is 2.38. The Morgan fingerprint density at radius 3 is 1.81 bits per heavy atom. The number of hydrogen-bond acceptors (Lipinski definition) is 16. The number of aliphatic imine (C=N–C) groups is 1. The predicted molar refractivity (Wildman–Crippen MR) is 146 cm³/mol. The standard InChI is InChI=1S/C27H18N8O7S/c1-10-18-27-35(3)19(11(2)42-27)25-31-15(7-40-25)22-29-13(5-38-22)20-28-12(4-36-20)21-30-14(6-37-21)23-32-16(8-39-23)26-33-17(9-43-26)24(34-18)41-10/h4-8,17,27H,9H2,1-3H3. The van der Waals surface area contributed by atoms with Crippen LogP contribution in [0.15, 0.2) is 68.6 Å². The molecule has 16 bridgehead atoms. The number of ether oxygens (including phenoxy) is 1. The zero-order chi connectivity index (χ0) is 28.8. The highest BCUT2D eigenvalue weighted by atomic mass is 32.2. The summed E-state index contributed by atoms with van der Waals surface area (Å²) in [6.45, 7) is 3.70. The topological polar surface area (TPSA) is 181 Å². The highest BCUT2D eigenvalue weighted by Crippen LogP contribution is 2.42. The monoisotopic (exact) mass is 598 g/mol. The number of fused-ring (bicyclic) bond motifs is 23. The average Bonchev–Trinajstić information content (AvgIpc) is 3.84. The number of aromatic nitrogens is 6. The minimum absolute atomic E-state index is 0.208. The Labute approximate surface area is 244 Å². The van der Waals surface area contributed by atoms with Crippen LogP contribution < -0.4 is 0 Å². The third-order valence-corrected chi connectivity index (χ3v) is 8.23. The summed E-state index contributed by atoms with van der Waals surface area (Å²) in [6.07, 6.45) is 6.71. The average molecular weight is 599 g/mol. The number of aryl methyl sites for hydroxylation is 1. The Kier molecular flexibility index (Phi) is 4.97. The molecule has 43 heavy (non-hydrogen) atoms. The Morgan fingerprint density at radius 2 is 1.21 bits per heavy atom. The van der Waals surface area contributed by atoms with Crippen molar-refractivity contribution in [3.63, 3.8) is 0 Å². The van der Waals surface area contributed by atoms with Crippen LogP contribution in [0.4, 0.5) is 0 Å². The van der Waals surface area contributed by atoms with Crippen LogP contribution in [0.5, 0.6) is 0 Å². The molecule has 6 aromatic heterocycles. The molecule has 0 aromatic carbocycles. The van der Waals surface area contributed by atoms with Gasteiger partial charge in [-0.1, -0.05) is 0 Å². The molecule has 3 aliphatic rings. The Hall–Kier alpha value is -5.38. The lowest BCUT2D eigenvalue weighted by Gasteiger charge is -2.20. The molecule has 0 saturated carbocycles. The smallest absolute Gasteiger partial charge is 0.249 e. The second-order valence-electron chi connectivity index (χ2n) is 9.93. The van der Waals surface area contributed by atoms with Crippen molar-refractivity contribution in [2.45, 2.75) is 26.1 Å². The van der Waals surface area contributed by atoms with Crippen LogP contribution in [-0.4, -0.2) is 52.6 Å². The van der Waals surface area contributed by atoms with Gasteiger partial charge in [0.15, 0.2) is 22.8 Å². The van der Waals surface area contributed by atoms with Crippen molar-refractivity contribution in [3.8, 4) is 46.3 Å². The number of rotatable bonds is 0. The fourth-order valence-electron chi connectivity index (χ4n) is 5.09. The molecule has 3 aliphatic heterocycles. The first kappa shape index (κ1) is 24.2. The van der Waals surface area contributed by atoms with Gasteiger partial charge in [0.1, 0.15) is 71.0 Å². The molecule has 0 amide bonds. The summed E-state index contributed by atoms with van der Waals surface area (Å²) in [7, 11) is 1.88. The van der Waals surface area contributed by atoms with Crippen LogP contribution >= 0.6 is 11.8 Å². The predicted octanol–water partition coefficient (Wildman–Crippen LogP) is 5.49. The van der Waals surface area contributed by atoms with E-state index in [-0.39, 0.29) is 29.6 Å². The van der Waals surface area contributed by atoms with Crippen LogP contribution in [0, 0.1) is 6.92 Å². The van der Waals surface area contributed by atoms with Crippen molar-refractivity contribution < 1.29 is 31.2 Å². The number of allylic oxidation sites excluding steroid dienone is 1. The van der Waals surface area contributed by atoms with Gasteiger partial charge in [0.2, 0.25) is 41.6 Å². The van der Waals surface area contributed by atoms with Crippen molar-refractivity contribution in [1.82, 2.24) is 34.8 Å². The van der Waals surface area contributed by atoms with Crippen LogP contribution in [-0.2, 0) is 4.74 Å². The van der Waals surface area contributed by atoms with Gasteiger partial charge in [-0.25, -0.2) is 29.9 Å². The third-order valence-electron chi connectivity index (χ3n) is 7.16. The summed E-state index contributed by atoms with van der Waals surface area (Å²) in [5.41, 5.74) is 3.35. The van der Waals surface area contributed by atoms with Gasteiger partial charge in [-0.15, -0.1) is 11.8 Å². The van der Waals surface area contributed by atoms with Crippen LogP contribution in [0.3, 0.4) is 0 Å². The van der Waals surface area contributed by atoms with Crippen molar-refractivity contribution in [2.75, 3.05) is 12.8 Å². The molecule has 15 nitrogen and oxygen atoms in total. The molecule has 16 heteroatoms. The van der Waals surface area contributed by atoms with Gasteiger partial charge in [-0.2, -0.15) is 0 Å². The Morgan fingerprint density at radius 1 is 0.698 bits per heavy atom. The van der Waals surface area contributed by atoms with Gasteiger partial charge >= 0.3 is 0 Å². The van der Waals surface area contributed by atoms with Crippen LogP contribution in [0.2, 0.25) is 0 Å². The molecule has 6 aromatic rings. The van der Waals surface area contributed by atoms with E-state index < -0.39 is 6.23 Å². The van der Waals surface area contributed by atoms with E-state index in [0.29, 0.717) is 74.0 Å². The first-order valence-corrected chi connectivity index (χ1v) is 14.0. The molecule has 9 rings (SSSR count). The largest absolute Gasteiger partial charge is 0.467 e. The lowest BCUT2D eigenvalue weighted by Crippen LogP contribution is -2.20. The lowest BCUT2D eigenvalue weighted by atomic mass is 10.3. The van der Waals surface area contributed by atoms with Gasteiger partial charge in [0, 0.05) is 12.8 Å². The normalized spacial score (nSPS) is 19.0. The fraction of sp³-hybridized carbons (Fsp3) is 0.222. The third kappa shape index (κ3) is 3.72. The van der Waals surface area contributed by atoms with E-state index in [1.165, 1.54) is 43.1 Å². The quantitative estimate of drug-likeness (QED) is 0.214. The second kappa shape index (κ2) is 8.81. The lowest BCUT2D eigenvalue weighted by molar-refractivity contribution is 0.0549. The number of thioether (sulfide) groups is 1. The van der Waals surface area contributed by atoms with Crippen molar-refractivity contribution >= 4 is 22.5 Å². The van der Waals surface area contributed by atoms with E-state index in [4.69, 9.17) is 41.2 Å². The summed E-state index contributed by atoms with van der Waals surface area (Å²) in [6, 6.07) is -0.307. The fourth-order valence-corrected chi connectivity index (χ4v) is 6.07. The molecule has 0 saturated heterocycles. The summed E-state index contributed by atoms with van der Waals surface area (Å²) in [4.78, 5) is 34.2. The zero-order valence-electron chi connectivity index (χ0n) is 22.6. The molecule has 2 atom stereocenters. The minimum Gasteiger partial charge on any atom is -0.467 e. The first-order valence-electron chi connectivity index (χ1n) is 13.1. The molecule has 0 aliphatic carbocycles. The molecule has 214 valence electrons. The van der Waals surface area contributed by atoms with Crippen molar-refractivity contribution in [1.29, 1.82) is 0 Å². The van der Waals surface area contributed by atoms with E-state index in [0.717, 1.165) is 0 Å². The number of nitrogens with zero attached hydrogens (tertiary/aromatic N) is 8. The van der Waals surface area contributed by atoms with Gasteiger partial charge < -0.3 is 36.1 Å². The van der Waals surface area contributed by atoms with E-state index in [2.05, 4.69) is 24.9 Å². The highest BCUT2D eigenvalue weighted by molar-refractivity contribution is 8.14. The second-order valence-corrected chi connectivity index (χ2v) is 10.9. The molecule has 0 fully saturated rings. The molecule has 0 radical (unpaired) electrons. The van der Waals surface area contributed by atoms with E-state index >= 15 is 0 Å². The maximum absolute atomic E-state index is 6.23. The summed E-state index contributed by atoms with van der Waals surface area (Å²) < 4.78 is 40.8. The molecule has 9 heterocycles. The minimum atomic E-state index is -0.552. The van der Waals surface area contributed by atoms with Gasteiger partial charge in [0.05, 0.1) is 0 Å². The van der Waals surface area contributed by atoms with Gasteiger partial charge in [-0.3, -0.25) is 4.99 Å². The van der Waals surface area contributed by atoms with Gasteiger partial charge in [0.25, 0.3) is 0 Å². The van der Waals surface area contributed by atoms with Crippen molar-refractivity contribution in [3.05, 3.63) is 66.0 Å². The Balaban J connectivity index is 1.15. The summed E-state index contributed by atoms with van der Waals surface area (Å²) in [5.74, 6) is 3.62. The van der Waals surface area contributed by atoms with E-state index in [1.54, 1.807) is 0 Å². The first-order chi connectivity index (χ1) is 21.0. The maximum atomic E-state index is 6.23. The molecule has 0 N–H and O–H groups in total. The molecule has 2 unspecified atom stereocenters. The van der Waals surface area contributed by atoms with Crippen LogP contribution in [0.25, 0.3) is 52.0 Å². The molecular formula is C27H18N8O7S. The van der Waals surface area contributed by atoms with E-state index in [9.17, 15) is 0 Å². The van der Waals surface area contributed by atoms with E-state index in [1.807, 2.05) is 25.8 Å². The maximum Gasteiger partial charge on any atom is 0.249 e. The summed E-state index contributed by atoms with van der Waals surface area (Å²) in [5, 5.41) is 0.706. The Bertz CT molecular complexity index is 2110. The number of hydrogen-bond donors (Lipinski definition) is 0.